The van der Waals surface area contributed by atoms with Gasteiger partial charge < -0.3 is 5.32 Å². The molecular formula is C16H21F2N3. The van der Waals surface area contributed by atoms with Crippen LogP contribution in [0.25, 0.3) is 0 Å². The molecule has 2 rings (SSSR count). The first-order valence-electron chi connectivity index (χ1n) is 7.19. The van der Waals surface area contributed by atoms with Crippen LogP contribution in [0.1, 0.15) is 30.7 Å². The minimum atomic E-state index is -0.487. The second-order valence-electron chi connectivity index (χ2n) is 5.31. The van der Waals surface area contributed by atoms with Gasteiger partial charge in [-0.25, -0.2) is 8.78 Å². The summed E-state index contributed by atoms with van der Waals surface area (Å²) in [5.41, 5.74) is 2.31. The molecule has 5 heteroatoms. The summed E-state index contributed by atoms with van der Waals surface area (Å²) in [7, 11) is 1.89. The Hall–Kier alpha value is -1.75. The molecule has 114 valence electrons. The Morgan fingerprint density at radius 1 is 1.29 bits per heavy atom. The quantitative estimate of drug-likeness (QED) is 0.887. The standard InChI is InChI=1S/C16H21F2N3/c1-4-16-12(10-21(3)20-16)9-19-11(2)8-13-14(17)6-5-7-15(13)18/h5-7,10-11,19H,4,8-9H2,1-3H3. The first-order valence-corrected chi connectivity index (χ1v) is 7.19. The molecule has 1 unspecified atom stereocenters. The summed E-state index contributed by atoms with van der Waals surface area (Å²) < 4.78 is 29.0. The molecule has 0 radical (unpaired) electrons. The van der Waals surface area contributed by atoms with Gasteiger partial charge in [0.2, 0.25) is 0 Å². The van der Waals surface area contributed by atoms with Crippen molar-refractivity contribution < 1.29 is 8.78 Å². The molecule has 1 N–H and O–H groups in total. The summed E-state index contributed by atoms with van der Waals surface area (Å²) in [6.45, 7) is 4.63. The lowest BCUT2D eigenvalue weighted by Crippen LogP contribution is -2.28. The predicted molar refractivity (Wildman–Crippen MR) is 78.9 cm³/mol. The number of rotatable bonds is 6. The number of nitrogens with zero attached hydrogens (tertiary/aromatic N) is 2. The van der Waals surface area contributed by atoms with Gasteiger partial charge in [-0.2, -0.15) is 5.10 Å². The van der Waals surface area contributed by atoms with E-state index in [1.54, 1.807) is 4.68 Å². The van der Waals surface area contributed by atoms with Gasteiger partial charge in [-0.1, -0.05) is 13.0 Å². The molecule has 0 bridgehead atoms. The van der Waals surface area contributed by atoms with E-state index < -0.39 is 11.6 Å². The Morgan fingerprint density at radius 2 is 1.95 bits per heavy atom. The summed E-state index contributed by atoms with van der Waals surface area (Å²) in [6, 6.07) is 3.94. The van der Waals surface area contributed by atoms with E-state index in [0.717, 1.165) is 17.7 Å². The summed E-state index contributed by atoms with van der Waals surface area (Å²) in [5.74, 6) is -0.974. The number of hydrogen-bond acceptors (Lipinski definition) is 2. The Labute approximate surface area is 124 Å². The predicted octanol–water partition coefficient (Wildman–Crippen LogP) is 2.98. The molecule has 0 aliphatic heterocycles. The van der Waals surface area contributed by atoms with E-state index >= 15 is 0 Å². The van der Waals surface area contributed by atoms with Gasteiger partial charge in [0.1, 0.15) is 11.6 Å². The monoisotopic (exact) mass is 293 g/mol. The van der Waals surface area contributed by atoms with Crippen LogP contribution in [-0.4, -0.2) is 15.8 Å². The summed E-state index contributed by atoms with van der Waals surface area (Å²) in [6.07, 6.45) is 3.16. The molecule has 0 aliphatic carbocycles. The zero-order valence-corrected chi connectivity index (χ0v) is 12.7. The van der Waals surface area contributed by atoms with Crippen LogP contribution in [0.5, 0.6) is 0 Å². The van der Waals surface area contributed by atoms with E-state index in [1.165, 1.54) is 18.2 Å². The van der Waals surface area contributed by atoms with Crippen LogP contribution >= 0.6 is 0 Å². The van der Waals surface area contributed by atoms with Crippen molar-refractivity contribution in [3.63, 3.8) is 0 Å². The molecule has 1 aromatic carbocycles. The van der Waals surface area contributed by atoms with Crippen molar-refractivity contribution in [2.45, 2.75) is 39.3 Å². The Bertz CT molecular complexity index is 587. The molecule has 21 heavy (non-hydrogen) atoms. The highest BCUT2D eigenvalue weighted by Crippen LogP contribution is 2.14. The van der Waals surface area contributed by atoms with Gasteiger partial charge in [0.25, 0.3) is 0 Å². The van der Waals surface area contributed by atoms with Gasteiger partial charge >= 0.3 is 0 Å². The van der Waals surface area contributed by atoms with Crippen molar-refractivity contribution in [3.8, 4) is 0 Å². The lowest BCUT2D eigenvalue weighted by molar-refractivity contribution is 0.498. The smallest absolute Gasteiger partial charge is 0.129 e. The van der Waals surface area contributed by atoms with Gasteiger partial charge in [-0.05, 0) is 31.9 Å². The van der Waals surface area contributed by atoms with Gasteiger partial charge in [-0.3, -0.25) is 4.68 Å². The summed E-state index contributed by atoms with van der Waals surface area (Å²) >= 11 is 0. The highest BCUT2D eigenvalue weighted by Gasteiger charge is 2.13. The van der Waals surface area contributed by atoms with Crippen LogP contribution in [0.4, 0.5) is 8.78 Å². The fraction of sp³-hybridized carbons (Fsp3) is 0.438. The second-order valence-corrected chi connectivity index (χ2v) is 5.31. The topological polar surface area (TPSA) is 29.9 Å². The maximum Gasteiger partial charge on any atom is 0.129 e. The maximum absolute atomic E-state index is 13.6. The number of aryl methyl sites for hydroxylation is 2. The average molecular weight is 293 g/mol. The molecule has 0 fully saturated rings. The Balaban J connectivity index is 1.97. The minimum Gasteiger partial charge on any atom is -0.310 e. The third-order valence-corrected chi connectivity index (χ3v) is 3.54. The number of aromatic nitrogens is 2. The molecule has 0 aliphatic rings. The van der Waals surface area contributed by atoms with Crippen LogP contribution in [0.3, 0.4) is 0 Å². The van der Waals surface area contributed by atoms with E-state index in [4.69, 9.17) is 0 Å². The van der Waals surface area contributed by atoms with Crippen LogP contribution in [0, 0.1) is 11.6 Å². The number of halogens is 2. The SMILES string of the molecule is CCc1nn(C)cc1CNC(C)Cc1c(F)cccc1F. The lowest BCUT2D eigenvalue weighted by atomic mass is 10.1. The maximum atomic E-state index is 13.6. The van der Waals surface area contributed by atoms with Crippen molar-refractivity contribution in [2.75, 3.05) is 0 Å². The molecule has 0 saturated heterocycles. The van der Waals surface area contributed by atoms with Gasteiger partial charge in [0, 0.05) is 37.0 Å². The molecule has 1 atom stereocenters. The first kappa shape index (κ1) is 15.6. The molecule has 2 aromatic rings. The summed E-state index contributed by atoms with van der Waals surface area (Å²) in [4.78, 5) is 0. The highest BCUT2D eigenvalue weighted by atomic mass is 19.1. The minimum absolute atomic E-state index is 0.0266. The van der Waals surface area contributed by atoms with E-state index in [0.29, 0.717) is 13.0 Å². The molecule has 0 amide bonds. The third kappa shape index (κ3) is 3.88. The van der Waals surface area contributed by atoms with Gasteiger partial charge in [0.05, 0.1) is 5.69 Å². The zero-order chi connectivity index (χ0) is 15.4. The number of benzene rings is 1. The second kappa shape index (κ2) is 6.80. The molecule has 0 spiro atoms. The van der Waals surface area contributed by atoms with Crippen LogP contribution in [-0.2, 0) is 26.4 Å². The van der Waals surface area contributed by atoms with E-state index in [2.05, 4.69) is 17.3 Å². The molecule has 1 aromatic heterocycles. The van der Waals surface area contributed by atoms with Crippen molar-refractivity contribution >= 4 is 0 Å². The van der Waals surface area contributed by atoms with Crippen LogP contribution in [0.2, 0.25) is 0 Å². The van der Waals surface area contributed by atoms with Gasteiger partial charge in [-0.15, -0.1) is 0 Å². The number of nitrogens with one attached hydrogen (secondary N) is 1. The molecule has 1 heterocycles. The van der Waals surface area contributed by atoms with Crippen molar-refractivity contribution in [2.24, 2.45) is 7.05 Å². The average Bonchev–Trinajstić information content (AvgIpc) is 2.81. The fourth-order valence-corrected chi connectivity index (χ4v) is 2.42. The molecule has 0 saturated carbocycles. The largest absolute Gasteiger partial charge is 0.310 e. The fourth-order valence-electron chi connectivity index (χ4n) is 2.42. The normalized spacial score (nSPS) is 12.6. The number of hydrogen-bond donors (Lipinski definition) is 1. The Morgan fingerprint density at radius 3 is 2.57 bits per heavy atom. The van der Waals surface area contributed by atoms with Crippen LogP contribution < -0.4 is 5.32 Å². The van der Waals surface area contributed by atoms with E-state index in [1.807, 2.05) is 20.2 Å². The van der Waals surface area contributed by atoms with Crippen LogP contribution in [0.15, 0.2) is 24.4 Å². The van der Waals surface area contributed by atoms with Crippen molar-refractivity contribution in [3.05, 3.63) is 52.9 Å². The van der Waals surface area contributed by atoms with Crippen molar-refractivity contribution in [1.29, 1.82) is 0 Å². The zero-order valence-electron chi connectivity index (χ0n) is 12.7. The highest BCUT2D eigenvalue weighted by molar-refractivity contribution is 5.21. The molecular weight excluding hydrogens is 272 g/mol. The third-order valence-electron chi connectivity index (χ3n) is 3.54. The first-order chi connectivity index (χ1) is 10.0. The molecule has 3 nitrogen and oxygen atoms in total. The summed E-state index contributed by atoms with van der Waals surface area (Å²) in [5, 5.41) is 7.68. The van der Waals surface area contributed by atoms with Crippen molar-refractivity contribution in [1.82, 2.24) is 15.1 Å². The van der Waals surface area contributed by atoms with Gasteiger partial charge in [0.15, 0.2) is 0 Å². The lowest BCUT2D eigenvalue weighted by Gasteiger charge is -2.14. The Kier molecular flexibility index (Phi) is 5.07. The van der Waals surface area contributed by atoms with E-state index in [-0.39, 0.29) is 11.6 Å². The van der Waals surface area contributed by atoms with E-state index in [9.17, 15) is 8.78 Å².